The van der Waals surface area contributed by atoms with Crippen molar-refractivity contribution >= 4 is 21.8 Å². The molecule has 0 aliphatic heterocycles. The lowest BCUT2D eigenvalue weighted by molar-refractivity contribution is -0.137. The van der Waals surface area contributed by atoms with Gasteiger partial charge in [0.05, 0.1) is 5.56 Å². The lowest BCUT2D eigenvalue weighted by Crippen LogP contribution is -2.31. The molecule has 1 unspecified atom stereocenters. The third-order valence-corrected chi connectivity index (χ3v) is 4.75. The molecule has 0 aliphatic carbocycles. The van der Waals surface area contributed by atoms with Crippen molar-refractivity contribution in [1.29, 1.82) is 0 Å². The summed E-state index contributed by atoms with van der Waals surface area (Å²) in [6.45, 7) is 2.33. The Labute approximate surface area is 164 Å². The molecule has 0 heterocycles. The number of carbonyl (C=O) groups excluding carboxylic acids is 1. The molecule has 2 aromatic carbocycles. The molecular formula is C20H20BrF4NO. The first-order chi connectivity index (χ1) is 12.6. The molecule has 0 bridgehead atoms. The van der Waals surface area contributed by atoms with Gasteiger partial charge in [0, 0.05) is 29.5 Å². The average Bonchev–Trinajstić information content (AvgIpc) is 2.60. The number of hydrogen-bond acceptors (Lipinski definition) is 1. The third kappa shape index (κ3) is 5.79. The van der Waals surface area contributed by atoms with Gasteiger partial charge in [-0.15, -0.1) is 0 Å². The van der Waals surface area contributed by atoms with E-state index in [1.165, 1.54) is 23.1 Å². The van der Waals surface area contributed by atoms with Gasteiger partial charge >= 0.3 is 6.18 Å². The number of rotatable bonds is 6. The first kappa shape index (κ1) is 21.4. The largest absolute Gasteiger partial charge is 0.416 e. The SMILES string of the molecule is CCCC(CN(C)C(=O)c1cc(Br)cc(C(F)(F)F)c1)c1ccc(F)cc1. The Balaban J connectivity index is 2.22. The van der Waals surface area contributed by atoms with E-state index in [1.807, 2.05) is 6.92 Å². The second-order valence-electron chi connectivity index (χ2n) is 6.45. The van der Waals surface area contributed by atoms with Crippen LogP contribution in [0.25, 0.3) is 0 Å². The highest BCUT2D eigenvalue weighted by molar-refractivity contribution is 9.10. The Bertz CT molecular complexity index is 790. The standard InChI is InChI=1S/C20H20BrF4NO/c1-3-4-14(13-5-7-18(22)8-6-13)12-26(2)19(27)15-9-16(20(23,24)25)11-17(21)10-15/h5-11,14H,3-4,12H2,1-2H3. The van der Waals surface area contributed by atoms with Crippen LogP contribution in [0.1, 0.15) is 47.2 Å². The van der Waals surface area contributed by atoms with Crippen LogP contribution in [-0.4, -0.2) is 24.4 Å². The van der Waals surface area contributed by atoms with Crippen LogP contribution in [0.2, 0.25) is 0 Å². The van der Waals surface area contributed by atoms with Crippen molar-refractivity contribution in [3.8, 4) is 0 Å². The van der Waals surface area contributed by atoms with E-state index in [4.69, 9.17) is 0 Å². The van der Waals surface area contributed by atoms with Crippen LogP contribution in [0.5, 0.6) is 0 Å². The fraction of sp³-hybridized carbons (Fsp3) is 0.350. The molecule has 0 spiro atoms. The molecule has 0 N–H and O–H groups in total. The van der Waals surface area contributed by atoms with Crippen molar-refractivity contribution < 1.29 is 22.4 Å². The van der Waals surface area contributed by atoms with Crippen LogP contribution in [0.4, 0.5) is 17.6 Å². The quantitative estimate of drug-likeness (QED) is 0.480. The van der Waals surface area contributed by atoms with Gasteiger partial charge in [0.15, 0.2) is 0 Å². The Morgan fingerprint density at radius 3 is 2.33 bits per heavy atom. The fourth-order valence-corrected chi connectivity index (χ4v) is 3.45. The van der Waals surface area contributed by atoms with Gasteiger partial charge in [-0.1, -0.05) is 41.4 Å². The topological polar surface area (TPSA) is 20.3 Å². The highest BCUT2D eigenvalue weighted by Crippen LogP contribution is 2.32. The van der Waals surface area contributed by atoms with Crippen LogP contribution in [0, 0.1) is 5.82 Å². The summed E-state index contributed by atoms with van der Waals surface area (Å²) in [6, 6.07) is 9.25. The second kappa shape index (κ2) is 8.87. The van der Waals surface area contributed by atoms with Gasteiger partial charge in [-0.05, 0) is 42.3 Å². The van der Waals surface area contributed by atoms with Gasteiger partial charge < -0.3 is 4.90 Å². The summed E-state index contributed by atoms with van der Waals surface area (Å²) in [5.74, 6) is -0.865. The van der Waals surface area contributed by atoms with Crippen LogP contribution < -0.4 is 0 Å². The van der Waals surface area contributed by atoms with E-state index in [9.17, 15) is 22.4 Å². The number of amides is 1. The average molecular weight is 446 g/mol. The molecule has 0 saturated heterocycles. The number of hydrogen-bond donors (Lipinski definition) is 0. The maximum atomic E-state index is 13.2. The van der Waals surface area contributed by atoms with E-state index < -0.39 is 17.6 Å². The molecule has 0 aromatic heterocycles. The maximum Gasteiger partial charge on any atom is 0.416 e. The molecule has 27 heavy (non-hydrogen) atoms. The molecular weight excluding hydrogens is 426 g/mol. The number of alkyl halides is 3. The van der Waals surface area contributed by atoms with Gasteiger partial charge in [-0.3, -0.25) is 4.79 Å². The monoisotopic (exact) mass is 445 g/mol. The Morgan fingerprint density at radius 2 is 1.78 bits per heavy atom. The lowest BCUT2D eigenvalue weighted by atomic mass is 9.93. The van der Waals surface area contributed by atoms with E-state index in [2.05, 4.69) is 15.9 Å². The van der Waals surface area contributed by atoms with Crippen LogP contribution >= 0.6 is 15.9 Å². The molecule has 1 amide bonds. The summed E-state index contributed by atoms with van der Waals surface area (Å²) in [5.41, 5.74) is -0.0195. The molecule has 1 atom stereocenters. The first-order valence-corrected chi connectivity index (χ1v) is 9.29. The molecule has 7 heteroatoms. The Hall–Kier alpha value is -1.89. The summed E-state index contributed by atoms with van der Waals surface area (Å²) < 4.78 is 52.4. The molecule has 0 saturated carbocycles. The minimum Gasteiger partial charge on any atom is -0.341 e. The van der Waals surface area contributed by atoms with E-state index in [1.54, 1.807) is 19.2 Å². The predicted octanol–water partition coefficient (Wildman–Crippen LogP) is 6.26. The Kier molecular flexibility index (Phi) is 7.03. The second-order valence-corrected chi connectivity index (χ2v) is 7.36. The number of benzene rings is 2. The molecule has 0 fully saturated rings. The number of halogens is 5. The fourth-order valence-electron chi connectivity index (χ4n) is 2.96. The molecule has 0 aliphatic rings. The van der Waals surface area contributed by atoms with Gasteiger partial charge in [0.25, 0.3) is 5.91 Å². The zero-order valence-electron chi connectivity index (χ0n) is 15.0. The van der Waals surface area contributed by atoms with Gasteiger partial charge in [0.1, 0.15) is 5.82 Å². The van der Waals surface area contributed by atoms with E-state index in [0.29, 0.717) is 6.54 Å². The van der Waals surface area contributed by atoms with Crippen molar-refractivity contribution in [2.24, 2.45) is 0 Å². The van der Waals surface area contributed by atoms with Crippen LogP contribution in [0.15, 0.2) is 46.9 Å². The summed E-state index contributed by atoms with van der Waals surface area (Å²) in [6.07, 6.45) is -2.90. The van der Waals surface area contributed by atoms with Crippen LogP contribution in [0.3, 0.4) is 0 Å². The van der Waals surface area contributed by atoms with Crippen LogP contribution in [-0.2, 0) is 6.18 Å². The zero-order chi connectivity index (χ0) is 20.2. The first-order valence-electron chi connectivity index (χ1n) is 8.50. The molecule has 2 rings (SSSR count). The van der Waals surface area contributed by atoms with Gasteiger partial charge in [-0.25, -0.2) is 4.39 Å². The number of likely N-dealkylation sites (N-methyl/N-ethyl adjacent to an activating group) is 1. The number of carbonyl (C=O) groups is 1. The molecule has 2 aromatic rings. The lowest BCUT2D eigenvalue weighted by Gasteiger charge is -2.25. The summed E-state index contributed by atoms with van der Waals surface area (Å²) >= 11 is 3.04. The highest BCUT2D eigenvalue weighted by Gasteiger charge is 2.32. The van der Waals surface area contributed by atoms with Crippen molar-refractivity contribution in [1.82, 2.24) is 4.90 Å². The summed E-state index contributed by atoms with van der Waals surface area (Å²) in [7, 11) is 1.56. The summed E-state index contributed by atoms with van der Waals surface area (Å²) in [4.78, 5) is 14.1. The van der Waals surface area contributed by atoms with Crippen molar-refractivity contribution in [3.63, 3.8) is 0 Å². The summed E-state index contributed by atoms with van der Waals surface area (Å²) in [5, 5.41) is 0. The van der Waals surface area contributed by atoms with E-state index in [0.717, 1.165) is 30.5 Å². The predicted molar refractivity (Wildman–Crippen MR) is 100 cm³/mol. The maximum absolute atomic E-state index is 13.2. The Morgan fingerprint density at radius 1 is 1.15 bits per heavy atom. The van der Waals surface area contributed by atoms with Crippen molar-refractivity contribution in [2.45, 2.75) is 31.9 Å². The van der Waals surface area contributed by atoms with E-state index in [-0.39, 0.29) is 21.8 Å². The smallest absolute Gasteiger partial charge is 0.341 e. The molecule has 0 radical (unpaired) electrons. The number of nitrogens with zero attached hydrogens (tertiary/aromatic N) is 1. The minimum atomic E-state index is -4.53. The zero-order valence-corrected chi connectivity index (χ0v) is 16.6. The van der Waals surface area contributed by atoms with E-state index >= 15 is 0 Å². The van der Waals surface area contributed by atoms with Gasteiger partial charge in [0.2, 0.25) is 0 Å². The van der Waals surface area contributed by atoms with Gasteiger partial charge in [-0.2, -0.15) is 13.2 Å². The highest BCUT2D eigenvalue weighted by atomic mass is 79.9. The third-order valence-electron chi connectivity index (χ3n) is 4.29. The normalized spacial score (nSPS) is 12.7. The van der Waals surface area contributed by atoms with Crippen molar-refractivity contribution in [2.75, 3.05) is 13.6 Å². The molecule has 146 valence electrons. The minimum absolute atomic E-state index is 0.0289. The van der Waals surface area contributed by atoms with Crippen molar-refractivity contribution in [3.05, 3.63) is 69.4 Å². The molecule has 2 nitrogen and oxygen atoms in total.